The second-order valence-electron chi connectivity index (χ2n) is 4.88. The van der Waals surface area contributed by atoms with E-state index in [1.165, 1.54) is 12.1 Å². The van der Waals surface area contributed by atoms with Gasteiger partial charge in [-0.05, 0) is 30.3 Å². The van der Waals surface area contributed by atoms with E-state index in [1.807, 2.05) is 0 Å². The van der Waals surface area contributed by atoms with Crippen LogP contribution in [-0.4, -0.2) is 28.4 Å². The Balaban J connectivity index is 2.02. The van der Waals surface area contributed by atoms with Gasteiger partial charge in [0, 0.05) is 10.8 Å². The predicted octanol–water partition coefficient (Wildman–Crippen LogP) is 3.92. The first-order valence-electron chi connectivity index (χ1n) is 7.31. The van der Waals surface area contributed by atoms with Gasteiger partial charge in [-0.15, -0.1) is 0 Å². The number of hydrogen-bond donors (Lipinski definition) is 1. The molecule has 0 aliphatic rings. The molecule has 8 heteroatoms. The fourth-order valence-corrected chi connectivity index (χ4v) is 3.25. The highest BCUT2D eigenvalue weighted by Crippen LogP contribution is 2.25. The van der Waals surface area contributed by atoms with Gasteiger partial charge in [0.2, 0.25) is 0 Å². The Morgan fingerprint density at radius 1 is 1.16 bits per heavy atom. The van der Waals surface area contributed by atoms with Gasteiger partial charge in [-0.1, -0.05) is 42.3 Å². The molecule has 0 saturated carbocycles. The van der Waals surface area contributed by atoms with Crippen molar-refractivity contribution in [2.45, 2.75) is 11.8 Å². The van der Waals surface area contributed by atoms with Crippen molar-refractivity contribution in [2.75, 3.05) is 17.7 Å². The minimum absolute atomic E-state index is 0.177. The molecule has 25 heavy (non-hydrogen) atoms. The third-order valence-corrected chi connectivity index (χ3v) is 5.09. The van der Waals surface area contributed by atoms with Crippen LogP contribution in [0.5, 0.6) is 0 Å². The number of nitrogens with one attached hydrogen (secondary N) is 1. The third-order valence-electron chi connectivity index (χ3n) is 3.15. The predicted molar refractivity (Wildman–Crippen MR) is 98.8 cm³/mol. The summed E-state index contributed by atoms with van der Waals surface area (Å²) in [5.41, 5.74) is 0.499. The lowest BCUT2D eigenvalue weighted by molar-refractivity contribution is -0.119. The van der Waals surface area contributed by atoms with Crippen LogP contribution in [0.2, 0.25) is 10.0 Å². The smallest absolute Gasteiger partial charge is 0.339 e. The molecule has 2 aromatic rings. The van der Waals surface area contributed by atoms with Crippen molar-refractivity contribution in [1.29, 1.82) is 0 Å². The van der Waals surface area contributed by atoms with E-state index >= 15 is 0 Å². The normalized spacial score (nSPS) is 11.6. The maximum Gasteiger partial charge on any atom is 0.339 e. The van der Waals surface area contributed by atoms with Gasteiger partial charge in [-0.3, -0.25) is 9.00 Å². The van der Waals surface area contributed by atoms with E-state index in [1.54, 1.807) is 37.3 Å². The summed E-state index contributed by atoms with van der Waals surface area (Å²) in [5.74, 6) is -0.908. The van der Waals surface area contributed by atoms with E-state index in [-0.39, 0.29) is 5.56 Å². The molecule has 0 fully saturated rings. The third kappa shape index (κ3) is 5.29. The van der Waals surface area contributed by atoms with E-state index in [9.17, 15) is 13.8 Å². The van der Waals surface area contributed by atoms with Gasteiger partial charge in [0.05, 0.1) is 32.0 Å². The highest BCUT2D eigenvalue weighted by molar-refractivity contribution is 7.85. The number of ether oxygens (including phenoxy) is 1. The summed E-state index contributed by atoms with van der Waals surface area (Å²) in [6, 6.07) is 11.1. The zero-order valence-electron chi connectivity index (χ0n) is 13.3. The molecular formula is C17H15Cl2NO4S. The van der Waals surface area contributed by atoms with Gasteiger partial charge in [0.1, 0.15) is 0 Å². The van der Waals surface area contributed by atoms with Gasteiger partial charge in [-0.2, -0.15) is 0 Å². The highest BCUT2D eigenvalue weighted by atomic mass is 35.5. The van der Waals surface area contributed by atoms with Crippen LogP contribution in [0, 0.1) is 0 Å². The van der Waals surface area contributed by atoms with Gasteiger partial charge in [0.15, 0.2) is 6.61 Å². The molecule has 132 valence electrons. The quantitative estimate of drug-likeness (QED) is 0.747. The van der Waals surface area contributed by atoms with Crippen LogP contribution in [0.15, 0.2) is 47.4 Å². The largest absolute Gasteiger partial charge is 0.452 e. The number of rotatable bonds is 6. The Morgan fingerprint density at radius 3 is 2.60 bits per heavy atom. The summed E-state index contributed by atoms with van der Waals surface area (Å²) in [6.45, 7) is 1.25. The summed E-state index contributed by atoms with van der Waals surface area (Å²) in [5, 5.41) is 3.24. The van der Waals surface area contributed by atoms with Crippen LogP contribution in [-0.2, 0) is 20.3 Å². The van der Waals surface area contributed by atoms with Crippen molar-refractivity contribution in [3.05, 3.63) is 58.1 Å². The molecule has 0 unspecified atom stereocenters. The minimum Gasteiger partial charge on any atom is -0.452 e. The first-order valence-corrected chi connectivity index (χ1v) is 9.39. The van der Waals surface area contributed by atoms with Crippen LogP contribution >= 0.6 is 23.2 Å². The molecular weight excluding hydrogens is 385 g/mol. The Hall–Kier alpha value is -1.89. The number of hydrogen-bond acceptors (Lipinski definition) is 4. The van der Waals surface area contributed by atoms with Crippen molar-refractivity contribution in [3.63, 3.8) is 0 Å². The van der Waals surface area contributed by atoms with Gasteiger partial charge < -0.3 is 10.1 Å². The highest BCUT2D eigenvalue weighted by Gasteiger charge is 2.17. The number of carbonyl (C=O) groups excluding carboxylic acids is 2. The molecule has 1 N–H and O–H groups in total. The number of carbonyl (C=O) groups is 2. The van der Waals surface area contributed by atoms with Crippen molar-refractivity contribution in [2.24, 2.45) is 0 Å². The molecule has 0 aromatic heterocycles. The lowest BCUT2D eigenvalue weighted by atomic mass is 10.2. The van der Waals surface area contributed by atoms with Crippen LogP contribution in [0.1, 0.15) is 17.3 Å². The van der Waals surface area contributed by atoms with E-state index in [0.29, 0.717) is 26.4 Å². The molecule has 5 nitrogen and oxygen atoms in total. The maximum absolute atomic E-state index is 12.2. The second kappa shape index (κ2) is 8.99. The number of anilines is 1. The summed E-state index contributed by atoms with van der Waals surface area (Å²) in [4.78, 5) is 24.5. The molecule has 0 heterocycles. The lowest BCUT2D eigenvalue weighted by Crippen LogP contribution is -2.21. The molecule has 0 aliphatic heterocycles. The van der Waals surface area contributed by atoms with Gasteiger partial charge in [-0.25, -0.2) is 4.79 Å². The van der Waals surface area contributed by atoms with Gasteiger partial charge in [0.25, 0.3) is 5.91 Å². The molecule has 1 atom stereocenters. The zero-order valence-corrected chi connectivity index (χ0v) is 15.6. The van der Waals surface area contributed by atoms with E-state index in [0.717, 1.165) is 0 Å². The van der Waals surface area contributed by atoms with Crippen LogP contribution in [0.25, 0.3) is 0 Å². The van der Waals surface area contributed by atoms with E-state index in [2.05, 4.69) is 5.32 Å². The molecule has 0 bridgehead atoms. The van der Waals surface area contributed by atoms with E-state index in [4.69, 9.17) is 27.9 Å². The molecule has 0 radical (unpaired) electrons. The van der Waals surface area contributed by atoms with E-state index < -0.39 is 29.3 Å². The molecule has 0 saturated heterocycles. The second-order valence-corrected chi connectivity index (χ2v) is 7.43. The molecule has 0 spiro atoms. The Morgan fingerprint density at radius 2 is 1.88 bits per heavy atom. The standard InChI is InChI=1S/C17H15Cl2NO4S/c1-2-25(23)15-6-4-3-5-12(15)17(22)24-10-16(21)20-14-9-11(18)7-8-13(14)19/h3-9H,2,10H2,1H3,(H,20,21)/t25-/m1/s1. The Kier molecular flexibility index (Phi) is 6.99. The molecule has 0 aliphatic carbocycles. The number of esters is 1. The number of halogens is 2. The summed E-state index contributed by atoms with van der Waals surface area (Å²) >= 11 is 11.8. The van der Waals surface area contributed by atoms with Crippen molar-refractivity contribution >= 4 is 51.6 Å². The minimum atomic E-state index is -1.31. The first kappa shape index (κ1) is 19.4. The average molecular weight is 400 g/mol. The van der Waals surface area contributed by atoms with Crippen molar-refractivity contribution in [3.8, 4) is 0 Å². The maximum atomic E-state index is 12.2. The SMILES string of the molecule is CC[S@@](=O)c1ccccc1C(=O)OCC(=O)Nc1cc(Cl)ccc1Cl. The topological polar surface area (TPSA) is 72.5 Å². The van der Waals surface area contributed by atoms with Crippen LogP contribution < -0.4 is 5.32 Å². The van der Waals surface area contributed by atoms with Crippen LogP contribution in [0.3, 0.4) is 0 Å². The molecule has 1 amide bonds. The first-order chi connectivity index (χ1) is 11.9. The Labute approximate surface area is 157 Å². The number of benzene rings is 2. The van der Waals surface area contributed by atoms with Crippen LogP contribution in [0.4, 0.5) is 5.69 Å². The van der Waals surface area contributed by atoms with Crippen molar-refractivity contribution < 1.29 is 18.5 Å². The summed E-state index contributed by atoms with van der Waals surface area (Å²) < 4.78 is 17.0. The Bertz CT molecular complexity index is 826. The lowest BCUT2D eigenvalue weighted by Gasteiger charge is -2.10. The molecule has 2 aromatic carbocycles. The van der Waals surface area contributed by atoms with Crippen molar-refractivity contribution in [1.82, 2.24) is 0 Å². The fraction of sp³-hybridized carbons (Fsp3) is 0.176. The average Bonchev–Trinajstić information content (AvgIpc) is 2.62. The number of amides is 1. The summed E-state index contributed by atoms with van der Waals surface area (Å²) in [7, 11) is -1.31. The summed E-state index contributed by atoms with van der Waals surface area (Å²) in [6.07, 6.45) is 0. The van der Waals surface area contributed by atoms with Gasteiger partial charge >= 0.3 is 5.97 Å². The molecule has 2 rings (SSSR count). The fourth-order valence-electron chi connectivity index (χ4n) is 1.98. The zero-order chi connectivity index (χ0) is 18.4. The monoisotopic (exact) mass is 399 g/mol.